The van der Waals surface area contributed by atoms with Gasteiger partial charge in [0.2, 0.25) is 17.7 Å². The maximum absolute atomic E-state index is 14.4. The summed E-state index contributed by atoms with van der Waals surface area (Å²) in [4.78, 5) is 58.0. The van der Waals surface area contributed by atoms with E-state index in [9.17, 15) is 32.3 Å². The fourth-order valence-corrected chi connectivity index (χ4v) is 7.79. The lowest BCUT2D eigenvalue weighted by atomic mass is 10.0. The van der Waals surface area contributed by atoms with Crippen LogP contribution in [0.3, 0.4) is 0 Å². The van der Waals surface area contributed by atoms with Crippen molar-refractivity contribution in [3.8, 4) is 0 Å². The lowest BCUT2D eigenvalue weighted by Crippen LogP contribution is -2.55. The lowest BCUT2D eigenvalue weighted by molar-refractivity contribution is -0.141. The van der Waals surface area contributed by atoms with Gasteiger partial charge >= 0.3 is 6.09 Å². The Morgan fingerprint density at radius 2 is 1.83 bits per heavy atom. The van der Waals surface area contributed by atoms with Gasteiger partial charge in [-0.25, -0.2) is 18.0 Å². The largest absolute Gasteiger partial charge is 0.444 e. The van der Waals surface area contributed by atoms with Crippen molar-refractivity contribution in [2.75, 3.05) is 13.1 Å². The molecule has 3 aliphatic heterocycles. The first-order chi connectivity index (χ1) is 25.1. The molecule has 278 valence electrons. The summed E-state index contributed by atoms with van der Waals surface area (Å²) in [5, 5.41) is 9.39. The van der Waals surface area contributed by atoms with Gasteiger partial charge in [0.05, 0.1) is 31.1 Å². The second kappa shape index (κ2) is 15.3. The van der Waals surface area contributed by atoms with Crippen molar-refractivity contribution in [3.05, 3.63) is 82.7 Å². The number of allylic oxidation sites excluding steroid dienone is 1. The fraction of sp³-hybridized carbons (Fsp3) is 0.538. The molecule has 0 spiro atoms. The Morgan fingerprint density at radius 1 is 0.981 bits per heavy atom. The number of amides is 4. The standard InChI is InChI=1S/C39H46F3N5O5/c40-30-9-6-7-26-21-46(23-29(26)30)38(51)52-28-16-34-36(49)45-39(18-35(48)44-19-24-11-12-24)17-27(39)8-4-2-1-3-5-10-33(37(50)47(34)22-28)43-20-25-13-14-31(41)32(42)15-25/h4,6-9,13-15,24,27-28,33-34,43H,1-3,5,10-12,16-23H2,(H,44,48)(H,45,49)/b8-4-/t27-,28-,33+,34+,39+/m1/s1. The Hall–Kier alpha value is -4.39. The molecule has 0 unspecified atom stereocenters. The monoisotopic (exact) mass is 721 g/mol. The minimum Gasteiger partial charge on any atom is -0.444 e. The van der Waals surface area contributed by atoms with Crippen LogP contribution in [0.1, 0.15) is 80.9 Å². The van der Waals surface area contributed by atoms with Crippen molar-refractivity contribution in [1.29, 1.82) is 0 Å². The summed E-state index contributed by atoms with van der Waals surface area (Å²) in [6, 6.07) is 6.53. The van der Waals surface area contributed by atoms with Crippen molar-refractivity contribution < 1.29 is 37.1 Å². The van der Waals surface area contributed by atoms with Crippen LogP contribution >= 0.6 is 0 Å². The van der Waals surface area contributed by atoms with Crippen LogP contribution in [0.5, 0.6) is 0 Å². The SMILES string of the molecule is O=C(C[C@@]12C[C@H]1/C=C\CCCCC[C@H](NCc1ccc(F)c(F)c1)C(=O)N1C[C@H](OC(=O)N3Cc4cccc(F)c4C3)C[C@H]1C(=O)N2)NCC1CC1. The number of rotatable bonds is 8. The van der Waals surface area contributed by atoms with Crippen molar-refractivity contribution >= 4 is 23.8 Å². The number of carbonyl (C=O) groups excluding carboxylic acids is 4. The van der Waals surface area contributed by atoms with E-state index >= 15 is 0 Å². The highest BCUT2D eigenvalue weighted by Gasteiger charge is 2.56. The predicted molar refractivity (Wildman–Crippen MR) is 185 cm³/mol. The third kappa shape index (κ3) is 8.29. The maximum atomic E-state index is 14.4. The van der Waals surface area contributed by atoms with E-state index in [1.54, 1.807) is 12.1 Å². The van der Waals surface area contributed by atoms with Crippen LogP contribution in [0.2, 0.25) is 0 Å². The van der Waals surface area contributed by atoms with E-state index in [0.29, 0.717) is 48.4 Å². The molecule has 0 radical (unpaired) electrons. The Morgan fingerprint density at radius 3 is 2.62 bits per heavy atom. The summed E-state index contributed by atoms with van der Waals surface area (Å²) < 4.78 is 48.0. The highest BCUT2D eigenvalue weighted by Crippen LogP contribution is 2.48. The molecule has 5 atom stereocenters. The topological polar surface area (TPSA) is 120 Å². The van der Waals surface area contributed by atoms with Gasteiger partial charge in [0, 0.05) is 37.5 Å². The van der Waals surface area contributed by atoms with Gasteiger partial charge in [0.15, 0.2) is 11.6 Å². The number of nitrogens with zero attached hydrogens (tertiary/aromatic N) is 2. The molecule has 0 bridgehead atoms. The number of hydrogen-bond donors (Lipinski definition) is 3. The molecule has 3 N–H and O–H groups in total. The van der Waals surface area contributed by atoms with Gasteiger partial charge in [-0.15, -0.1) is 0 Å². The van der Waals surface area contributed by atoms with E-state index in [1.165, 1.54) is 21.9 Å². The van der Waals surface area contributed by atoms with Gasteiger partial charge in [0.25, 0.3) is 0 Å². The molecule has 2 aromatic rings. The van der Waals surface area contributed by atoms with Crippen molar-refractivity contribution in [1.82, 2.24) is 25.8 Å². The molecule has 2 aliphatic carbocycles. The first-order valence-electron chi connectivity index (χ1n) is 18.5. The minimum atomic E-state index is -0.993. The predicted octanol–water partition coefficient (Wildman–Crippen LogP) is 5.00. The van der Waals surface area contributed by atoms with Crippen LogP contribution in [0.4, 0.5) is 18.0 Å². The molecule has 13 heteroatoms. The zero-order valence-corrected chi connectivity index (χ0v) is 29.2. The number of nitrogens with one attached hydrogen (secondary N) is 3. The van der Waals surface area contributed by atoms with Crippen LogP contribution in [0.15, 0.2) is 48.6 Å². The fourth-order valence-electron chi connectivity index (χ4n) is 7.79. The maximum Gasteiger partial charge on any atom is 0.410 e. The average Bonchev–Trinajstić information content (AvgIpc) is 3.96. The zero-order chi connectivity index (χ0) is 36.4. The molecule has 2 aromatic carbocycles. The number of benzene rings is 2. The van der Waals surface area contributed by atoms with Gasteiger partial charge in [-0.2, -0.15) is 0 Å². The molecular formula is C39H46F3N5O5. The normalized spacial score (nSPS) is 28.1. The van der Waals surface area contributed by atoms with E-state index in [-0.39, 0.29) is 56.8 Å². The molecule has 2 saturated carbocycles. The Bertz CT molecular complexity index is 1740. The van der Waals surface area contributed by atoms with Crippen LogP contribution < -0.4 is 16.0 Å². The molecule has 52 heavy (non-hydrogen) atoms. The number of hydrogen-bond acceptors (Lipinski definition) is 6. The van der Waals surface area contributed by atoms with E-state index < -0.39 is 53.2 Å². The Balaban J connectivity index is 1.10. The Kier molecular flexibility index (Phi) is 10.6. The summed E-state index contributed by atoms with van der Waals surface area (Å²) in [5.41, 5.74) is 0.795. The lowest BCUT2D eigenvalue weighted by Gasteiger charge is -2.30. The number of halogens is 3. The van der Waals surface area contributed by atoms with Crippen molar-refractivity contribution in [3.63, 3.8) is 0 Å². The summed E-state index contributed by atoms with van der Waals surface area (Å²) in [6.45, 7) is 0.901. The minimum absolute atomic E-state index is 0.0323. The first-order valence-corrected chi connectivity index (χ1v) is 18.5. The van der Waals surface area contributed by atoms with Gasteiger partial charge < -0.3 is 25.6 Å². The number of fused-ring (bicyclic) bond motifs is 3. The van der Waals surface area contributed by atoms with Crippen LogP contribution in [0, 0.1) is 29.3 Å². The summed E-state index contributed by atoms with van der Waals surface area (Å²) in [7, 11) is 0. The van der Waals surface area contributed by atoms with Gasteiger partial charge in [-0.05, 0) is 73.8 Å². The molecule has 4 amide bonds. The second-order valence-corrected chi connectivity index (χ2v) is 15.1. The second-order valence-electron chi connectivity index (χ2n) is 15.1. The van der Waals surface area contributed by atoms with Gasteiger partial charge in [-0.1, -0.05) is 43.2 Å². The van der Waals surface area contributed by atoms with Crippen LogP contribution in [-0.4, -0.2) is 70.4 Å². The van der Waals surface area contributed by atoms with Gasteiger partial charge in [-0.3, -0.25) is 19.3 Å². The summed E-state index contributed by atoms with van der Waals surface area (Å²) in [6.07, 6.45) is 9.36. The van der Waals surface area contributed by atoms with Crippen LogP contribution in [0.25, 0.3) is 0 Å². The number of ether oxygens (including phenoxy) is 1. The third-order valence-electron chi connectivity index (χ3n) is 11.1. The van der Waals surface area contributed by atoms with E-state index in [0.717, 1.165) is 44.2 Å². The smallest absolute Gasteiger partial charge is 0.410 e. The molecule has 5 aliphatic rings. The molecule has 0 aromatic heterocycles. The molecule has 7 rings (SSSR count). The highest BCUT2D eigenvalue weighted by molar-refractivity contribution is 5.92. The first kappa shape index (κ1) is 36.0. The molecule has 3 heterocycles. The van der Waals surface area contributed by atoms with Crippen molar-refractivity contribution in [2.45, 2.75) is 108 Å². The highest BCUT2D eigenvalue weighted by atomic mass is 19.2. The van der Waals surface area contributed by atoms with Crippen LogP contribution in [-0.2, 0) is 38.8 Å². The van der Waals surface area contributed by atoms with Crippen molar-refractivity contribution in [2.24, 2.45) is 11.8 Å². The molecular weight excluding hydrogens is 675 g/mol. The Labute approximate surface area is 301 Å². The average molecular weight is 722 g/mol. The summed E-state index contributed by atoms with van der Waals surface area (Å²) >= 11 is 0. The van der Waals surface area contributed by atoms with Gasteiger partial charge in [0.1, 0.15) is 18.0 Å². The molecule has 1 saturated heterocycles. The molecule has 10 nitrogen and oxygen atoms in total. The van der Waals surface area contributed by atoms with E-state index in [2.05, 4.69) is 28.1 Å². The number of carbonyl (C=O) groups is 4. The van der Waals surface area contributed by atoms with E-state index in [1.807, 2.05) is 0 Å². The zero-order valence-electron chi connectivity index (χ0n) is 29.2. The molecule has 3 fully saturated rings. The summed E-state index contributed by atoms with van der Waals surface area (Å²) in [5.74, 6) is -2.79. The third-order valence-corrected chi connectivity index (χ3v) is 11.1. The quantitative estimate of drug-likeness (QED) is 0.331. The van der Waals surface area contributed by atoms with E-state index in [4.69, 9.17) is 4.74 Å².